The van der Waals surface area contributed by atoms with E-state index in [4.69, 9.17) is 16.0 Å². The Morgan fingerprint density at radius 3 is 2.63 bits per heavy atom. The number of hydrogen-bond acceptors (Lipinski definition) is 5. The molecule has 1 aromatic heterocycles. The molecule has 0 aliphatic rings. The lowest BCUT2D eigenvalue weighted by Crippen LogP contribution is -2.17. The number of hydrazone groups is 1. The van der Waals surface area contributed by atoms with Crippen LogP contribution in [0.1, 0.15) is 16.1 Å². The summed E-state index contributed by atoms with van der Waals surface area (Å²) in [6.07, 6.45) is 1.31. The Bertz CT molecular complexity index is 1030. The molecule has 0 bridgehead atoms. The largest absolute Gasteiger partial charge is 0.455 e. The second-order valence-electron chi connectivity index (χ2n) is 5.33. The lowest BCUT2D eigenvalue weighted by Gasteiger charge is -2.00. The lowest BCUT2D eigenvalue weighted by molar-refractivity contribution is -0.384. The number of rotatable bonds is 5. The number of carbonyl (C=O) groups is 1. The molecule has 0 fully saturated rings. The summed E-state index contributed by atoms with van der Waals surface area (Å²) >= 11 is 8.98. The molecule has 0 saturated carbocycles. The molecule has 0 unspecified atom stereocenters. The molecule has 9 heteroatoms. The minimum absolute atomic E-state index is 0.0849. The van der Waals surface area contributed by atoms with Crippen LogP contribution in [-0.4, -0.2) is 17.0 Å². The van der Waals surface area contributed by atoms with Gasteiger partial charge in [0, 0.05) is 21.1 Å². The van der Waals surface area contributed by atoms with E-state index in [1.54, 1.807) is 48.5 Å². The third-order valence-corrected chi connectivity index (χ3v) is 4.26. The molecular formula is C18H11BrClN3O4. The van der Waals surface area contributed by atoms with Gasteiger partial charge in [-0.2, -0.15) is 5.10 Å². The van der Waals surface area contributed by atoms with E-state index in [2.05, 4.69) is 26.5 Å². The van der Waals surface area contributed by atoms with Crippen LogP contribution in [0, 0.1) is 10.1 Å². The number of carbonyl (C=O) groups excluding carboxylic acids is 1. The highest BCUT2D eigenvalue weighted by Crippen LogP contribution is 2.33. The van der Waals surface area contributed by atoms with E-state index in [9.17, 15) is 14.9 Å². The van der Waals surface area contributed by atoms with Gasteiger partial charge in [-0.25, -0.2) is 5.43 Å². The van der Waals surface area contributed by atoms with E-state index >= 15 is 0 Å². The number of furan rings is 1. The van der Waals surface area contributed by atoms with Gasteiger partial charge in [-0.05, 0) is 48.5 Å². The van der Waals surface area contributed by atoms with Crippen molar-refractivity contribution in [2.24, 2.45) is 5.10 Å². The third-order valence-electron chi connectivity index (χ3n) is 3.51. The Morgan fingerprint density at radius 1 is 1.19 bits per heavy atom. The molecular weight excluding hydrogens is 438 g/mol. The van der Waals surface area contributed by atoms with E-state index in [0.29, 0.717) is 32.1 Å². The van der Waals surface area contributed by atoms with Crippen LogP contribution in [0.2, 0.25) is 5.02 Å². The van der Waals surface area contributed by atoms with Crippen molar-refractivity contribution in [1.82, 2.24) is 5.43 Å². The van der Waals surface area contributed by atoms with Crippen LogP contribution < -0.4 is 5.43 Å². The maximum absolute atomic E-state index is 11.9. The monoisotopic (exact) mass is 447 g/mol. The van der Waals surface area contributed by atoms with Gasteiger partial charge < -0.3 is 4.42 Å². The molecule has 2 aromatic carbocycles. The Balaban J connectivity index is 1.73. The summed E-state index contributed by atoms with van der Waals surface area (Å²) in [5.74, 6) is 0.247. The van der Waals surface area contributed by atoms with Gasteiger partial charge in [0.15, 0.2) is 0 Å². The average Bonchev–Trinajstić information content (AvgIpc) is 3.10. The molecule has 7 nitrogen and oxygen atoms in total. The van der Waals surface area contributed by atoms with E-state index in [1.807, 2.05) is 0 Å². The van der Waals surface area contributed by atoms with Gasteiger partial charge in [0.05, 0.1) is 16.7 Å². The Morgan fingerprint density at radius 2 is 1.93 bits per heavy atom. The predicted molar refractivity (Wildman–Crippen MR) is 105 cm³/mol. The van der Waals surface area contributed by atoms with Crippen LogP contribution in [-0.2, 0) is 0 Å². The average molecular weight is 449 g/mol. The van der Waals surface area contributed by atoms with Crippen LogP contribution in [0.3, 0.4) is 0 Å². The van der Waals surface area contributed by atoms with Crippen LogP contribution in [0.4, 0.5) is 5.69 Å². The van der Waals surface area contributed by atoms with Gasteiger partial charge in [0.2, 0.25) is 0 Å². The number of amides is 1. The summed E-state index contributed by atoms with van der Waals surface area (Å²) in [5.41, 5.74) is 3.03. The summed E-state index contributed by atoms with van der Waals surface area (Å²) in [5, 5.41) is 15.6. The van der Waals surface area contributed by atoms with E-state index < -0.39 is 10.8 Å². The van der Waals surface area contributed by atoms with Crippen LogP contribution >= 0.6 is 27.5 Å². The number of nitro groups is 1. The van der Waals surface area contributed by atoms with Crippen molar-refractivity contribution in [2.75, 3.05) is 0 Å². The van der Waals surface area contributed by atoms with Crippen molar-refractivity contribution < 1.29 is 14.1 Å². The van der Waals surface area contributed by atoms with E-state index in [0.717, 1.165) is 0 Å². The maximum Gasteiger partial charge on any atom is 0.281 e. The minimum Gasteiger partial charge on any atom is -0.455 e. The van der Waals surface area contributed by atoms with Crippen molar-refractivity contribution in [3.63, 3.8) is 0 Å². The van der Waals surface area contributed by atoms with Crippen LogP contribution in [0.5, 0.6) is 0 Å². The van der Waals surface area contributed by atoms with E-state index in [1.165, 1.54) is 12.3 Å². The topological polar surface area (TPSA) is 97.7 Å². The Kier molecular flexibility index (Phi) is 5.68. The number of halogens is 2. The van der Waals surface area contributed by atoms with Crippen molar-refractivity contribution in [3.8, 4) is 11.3 Å². The number of nitrogens with zero attached hydrogens (tertiary/aromatic N) is 2. The first kappa shape index (κ1) is 18.8. The normalized spacial score (nSPS) is 10.9. The molecule has 136 valence electrons. The van der Waals surface area contributed by atoms with Gasteiger partial charge in [-0.15, -0.1) is 0 Å². The summed E-state index contributed by atoms with van der Waals surface area (Å²) in [7, 11) is 0. The molecule has 0 spiro atoms. The Labute approximate surface area is 166 Å². The molecule has 3 rings (SSSR count). The fourth-order valence-corrected chi connectivity index (χ4v) is 2.73. The minimum atomic E-state index is -0.483. The third kappa shape index (κ3) is 4.60. The van der Waals surface area contributed by atoms with Crippen molar-refractivity contribution >= 4 is 45.3 Å². The molecule has 0 aliphatic heterocycles. The van der Waals surface area contributed by atoms with E-state index in [-0.39, 0.29) is 5.69 Å². The molecule has 1 N–H and O–H groups in total. The quantitative estimate of drug-likeness (QED) is 0.336. The molecule has 27 heavy (non-hydrogen) atoms. The number of hydrogen-bond donors (Lipinski definition) is 1. The Hall–Kier alpha value is -2.97. The molecule has 0 atom stereocenters. The highest BCUT2D eigenvalue weighted by Gasteiger charge is 2.18. The highest BCUT2D eigenvalue weighted by atomic mass is 79.9. The van der Waals surface area contributed by atoms with Crippen LogP contribution in [0.25, 0.3) is 11.3 Å². The summed E-state index contributed by atoms with van der Waals surface area (Å²) in [6.45, 7) is 0. The fraction of sp³-hybridized carbons (Fsp3) is 0. The molecule has 1 amide bonds. The first-order valence-corrected chi connectivity index (χ1v) is 8.74. The van der Waals surface area contributed by atoms with Crippen molar-refractivity contribution in [2.45, 2.75) is 0 Å². The standard InChI is InChI=1S/C18H11BrClN3O4/c19-12-3-7-15(16(9-12)23(25)26)17-8-6-14(27-17)10-21-22-18(24)11-1-4-13(20)5-2-11/h1-10H,(H,22,24)/b21-10-. The lowest BCUT2D eigenvalue weighted by atomic mass is 10.1. The second-order valence-corrected chi connectivity index (χ2v) is 6.68. The molecule has 0 saturated heterocycles. The molecule has 0 aliphatic carbocycles. The first-order chi connectivity index (χ1) is 12.9. The summed E-state index contributed by atoms with van der Waals surface area (Å²) < 4.78 is 6.16. The molecule has 0 radical (unpaired) electrons. The highest BCUT2D eigenvalue weighted by molar-refractivity contribution is 9.10. The zero-order chi connectivity index (χ0) is 19.4. The SMILES string of the molecule is O=C(N/N=C\c1ccc(-c2ccc(Br)cc2[N+](=O)[O-])o1)c1ccc(Cl)cc1. The van der Waals surface area contributed by atoms with Gasteiger partial charge in [0.1, 0.15) is 11.5 Å². The molecule has 3 aromatic rings. The first-order valence-electron chi connectivity index (χ1n) is 7.57. The second kappa shape index (κ2) is 8.15. The number of nitro benzene ring substituents is 1. The zero-order valence-electron chi connectivity index (χ0n) is 13.6. The smallest absolute Gasteiger partial charge is 0.281 e. The predicted octanol–water partition coefficient (Wildman–Crippen LogP) is 5.03. The number of nitrogens with one attached hydrogen (secondary N) is 1. The zero-order valence-corrected chi connectivity index (χ0v) is 15.9. The van der Waals surface area contributed by atoms with Crippen molar-refractivity contribution in [3.05, 3.63) is 85.5 Å². The van der Waals surface area contributed by atoms with Gasteiger partial charge >= 0.3 is 0 Å². The molecule has 1 heterocycles. The summed E-state index contributed by atoms with van der Waals surface area (Å²) in [4.78, 5) is 22.7. The van der Waals surface area contributed by atoms with Gasteiger partial charge in [-0.1, -0.05) is 27.5 Å². The summed E-state index contributed by atoms with van der Waals surface area (Å²) in [6, 6.07) is 14.2. The van der Waals surface area contributed by atoms with Crippen LogP contribution in [0.15, 0.2) is 68.6 Å². The van der Waals surface area contributed by atoms with Gasteiger partial charge in [0.25, 0.3) is 11.6 Å². The van der Waals surface area contributed by atoms with Crippen molar-refractivity contribution in [1.29, 1.82) is 0 Å². The fourth-order valence-electron chi connectivity index (χ4n) is 2.25. The van der Waals surface area contributed by atoms with Gasteiger partial charge in [-0.3, -0.25) is 14.9 Å². The number of benzene rings is 2. The maximum atomic E-state index is 11.9.